The van der Waals surface area contributed by atoms with Crippen molar-refractivity contribution in [2.75, 3.05) is 5.73 Å². The molecule has 0 aliphatic carbocycles. The number of carbonyl (C=O) groups is 1. The SMILES string of the molecule is Cc1cc(N)ccc1Oc1ccc2ccn(C(=O)O)c2c1. The first-order valence-electron chi connectivity index (χ1n) is 6.43. The van der Waals surface area contributed by atoms with Gasteiger partial charge in [-0.3, -0.25) is 4.57 Å². The maximum atomic E-state index is 11.1. The highest BCUT2D eigenvalue weighted by atomic mass is 16.5. The van der Waals surface area contributed by atoms with Gasteiger partial charge in [-0.05, 0) is 48.9 Å². The number of carboxylic acid groups (broad SMARTS) is 1. The van der Waals surface area contributed by atoms with E-state index in [1.165, 1.54) is 6.20 Å². The molecule has 0 atom stereocenters. The maximum absolute atomic E-state index is 11.1. The van der Waals surface area contributed by atoms with Gasteiger partial charge in [0, 0.05) is 23.3 Å². The molecular weight excluding hydrogens is 268 g/mol. The lowest BCUT2D eigenvalue weighted by atomic mass is 10.2. The number of hydrogen-bond acceptors (Lipinski definition) is 3. The third kappa shape index (κ3) is 2.41. The summed E-state index contributed by atoms with van der Waals surface area (Å²) in [5.41, 5.74) is 7.90. The molecule has 2 aromatic carbocycles. The van der Waals surface area contributed by atoms with Crippen molar-refractivity contribution in [3.05, 3.63) is 54.2 Å². The quantitative estimate of drug-likeness (QED) is 0.700. The molecule has 5 heteroatoms. The van der Waals surface area contributed by atoms with Crippen LogP contribution >= 0.6 is 0 Å². The molecule has 0 radical (unpaired) electrons. The first-order valence-corrected chi connectivity index (χ1v) is 6.43. The molecule has 0 bridgehead atoms. The average molecular weight is 282 g/mol. The summed E-state index contributed by atoms with van der Waals surface area (Å²) in [5, 5.41) is 9.98. The summed E-state index contributed by atoms with van der Waals surface area (Å²) in [7, 11) is 0. The largest absolute Gasteiger partial charge is 0.464 e. The highest BCUT2D eigenvalue weighted by Crippen LogP contribution is 2.29. The van der Waals surface area contributed by atoms with Crippen LogP contribution in [0.25, 0.3) is 10.9 Å². The Bertz CT molecular complexity index is 837. The topological polar surface area (TPSA) is 77.5 Å². The number of anilines is 1. The Labute approximate surface area is 121 Å². The summed E-state index contributed by atoms with van der Waals surface area (Å²) in [6.07, 6.45) is 0.497. The fraction of sp³-hybridized carbons (Fsp3) is 0.0625. The lowest BCUT2D eigenvalue weighted by Crippen LogP contribution is -2.05. The first kappa shape index (κ1) is 13.1. The Morgan fingerprint density at radius 3 is 2.71 bits per heavy atom. The summed E-state index contributed by atoms with van der Waals surface area (Å²) in [6.45, 7) is 1.91. The zero-order chi connectivity index (χ0) is 15.0. The van der Waals surface area contributed by atoms with Crippen molar-refractivity contribution >= 4 is 22.7 Å². The summed E-state index contributed by atoms with van der Waals surface area (Å²) < 4.78 is 6.98. The Balaban J connectivity index is 2.00. The van der Waals surface area contributed by atoms with E-state index >= 15 is 0 Å². The van der Waals surface area contributed by atoms with Gasteiger partial charge in [0.05, 0.1) is 5.52 Å². The number of benzene rings is 2. The van der Waals surface area contributed by atoms with E-state index in [0.717, 1.165) is 15.5 Å². The molecule has 0 aliphatic rings. The van der Waals surface area contributed by atoms with Crippen molar-refractivity contribution in [3.63, 3.8) is 0 Å². The molecule has 0 aliphatic heterocycles. The van der Waals surface area contributed by atoms with E-state index in [4.69, 9.17) is 15.6 Å². The van der Waals surface area contributed by atoms with Crippen molar-refractivity contribution < 1.29 is 14.6 Å². The Kier molecular flexibility index (Phi) is 3.02. The number of nitrogens with two attached hydrogens (primary N) is 1. The van der Waals surface area contributed by atoms with Crippen LogP contribution in [0.5, 0.6) is 11.5 Å². The third-order valence-electron chi connectivity index (χ3n) is 3.30. The van der Waals surface area contributed by atoms with E-state index < -0.39 is 6.09 Å². The molecule has 0 fully saturated rings. The van der Waals surface area contributed by atoms with Crippen LogP contribution in [-0.2, 0) is 0 Å². The molecule has 3 aromatic rings. The number of nitrogen functional groups attached to an aromatic ring is 1. The zero-order valence-electron chi connectivity index (χ0n) is 11.4. The van der Waals surface area contributed by atoms with Gasteiger partial charge in [-0.25, -0.2) is 4.79 Å². The molecule has 0 amide bonds. The van der Waals surface area contributed by atoms with Crippen molar-refractivity contribution in [2.24, 2.45) is 0 Å². The van der Waals surface area contributed by atoms with Gasteiger partial charge < -0.3 is 15.6 Å². The fourth-order valence-corrected chi connectivity index (χ4v) is 2.25. The minimum absolute atomic E-state index is 0.580. The standard InChI is InChI=1S/C16H14N2O3/c1-10-8-12(17)3-5-15(10)21-13-4-2-11-6-7-18(16(19)20)14(11)9-13/h2-9H,17H2,1H3,(H,19,20). The number of fused-ring (bicyclic) bond motifs is 1. The summed E-state index contributed by atoms with van der Waals surface area (Å²) in [4.78, 5) is 11.1. The van der Waals surface area contributed by atoms with Gasteiger partial charge in [0.25, 0.3) is 0 Å². The fourth-order valence-electron chi connectivity index (χ4n) is 2.25. The molecule has 3 rings (SSSR count). The third-order valence-corrected chi connectivity index (χ3v) is 3.30. The lowest BCUT2D eigenvalue weighted by Gasteiger charge is -2.09. The number of aryl methyl sites for hydroxylation is 1. The van der Waals surface area contributed by atoms with Crippen molar-refractivity contribution in [3.8, 4) is 11.5 Å². The van der Waals surface area contributed by atoms with Crippen LogP contribution in [0.15, 0.2) is 48.7 Å². The van der Waals surface area contributed by atoms with Crippen LogP contribution in [0.3, 0.4) is 0 Å². The molecule has 0 saturated carbocycles. The van der Waals surface area contributed by atoms with Gasteiger partial charge in [0.15, 0.2) is 0 Å². The molecular formula is C16H14N2O3. The molecule has 106 valence electrons. The van der Waals surface area contributed by atoms with Crippen LogP contribution in [-0.4, -0.2) is 15.8 Å². The Morgan fingerprint density at radius 2 is 2.00 bits per heavy atom. The molecule has 21 heavy (non-hydrogen) atoms. The van der Waals surface area contributed by atoms with Crippen molar-refractivity contribution in [2.45, 2.75) is 6.92 Å². The van der Waals surface area contributed by atoms with Gasteiger partial charge in [0.1, 0.15) is 11.5 Å². The molecule has 1 heterocycles. The Hall–Kier alpha value is -2.95. The van der Waals surface area contributed by atoms with Crippen LogP contribution < -0.4 is 10.5 Å². The highest BCUT2D eigenvalue weighted by Gasteiger charge is 2.09. The maximum Gasteiger partial charge on any atom is 0.416 e. The Morgan fingerprint density at radius 1 is 1.19 bits per heavy atom. The van der Waals surface area contributed by atoms with Gasteiger partial charge in [0.2, 0.25) is 0 Å². The van der Waals surface area contributed by atoms with E-state index in [1.807, 2.05) is 25.1 Å². The average Bonchev–Trinajstić information content (AvgIpc) is 2.85. The first-order chi connectivity index (χ1) is 10.0. The van der Waals surface area contributed by atoms with Gasteiger partial charge in [-0.1, -0.05) is 0 Å². The zero-order valence-corrected chi connectivity index (χ0v) is 11.4. The number of ether oxygens (including phenoxy) is 1. The second-order valence-electron chi connectivity index (χ2n) is 4.82. The monoisotopic (exact) mass is 282 g/mol. The van der Waals surface area contributed by atoms with Gasteiger partial charge in [-0.15, -0.1) is 0 Å². The molecule has 5 nitrogen and oxygen atoms in total. The van der Waals surface area contributed by atoms with Crippen LogP contribution in [0.4, 0.5) is 10.5 Å². The number of aromatic nitrogens is 1. The van der Waals surface area contributed by atoms with E-state index in [0.29, 0.717) is 22.7 Å². The van der Waals surface area contributed by atoms with Gasteiger partial charge in [-0.2, -0.15) is 0 Å². The second kappa shape index (κ2) is 4.86. The minimum atomic E-state index is -1.02. The summed E-state index contributed by atoms with van der Waals surface area (Å²) in [6, 6.07) is 12.5. The van der Waals surface area contributed by atoms with E-state index in [9.17, 15) is 4.79 Å². The molecule has 0 spiro atoms. The molecule has 0 saturated heterocycles. The number of rotatable bonds is 2. The lowest BCUT2D eigenvalue weighted by molar-refractivity contribution is 0.197. The summed E-state index contributed by atoms with van der Waals surface area (Å²) in [5.74, 6) is 1.27. The predicted molar refractivity (Wildman–Crippen MR) is 81.0 cm³/mol. The molecule has 1 aromatic heterocycles. The predicted octanol–water partition coefficient (Wildman–Crippen LogP) is 3.85. The van der Waals surface area contributed by atoms with E-state index in [2.05, 4.69) is 0 Å². The molecule has 3 N–H and O–H groups in total. The second-order valence-corrected chi connectivity index (χ2v) is 4.82. The smallest absolute Gasteiger partial charge is 0.416 e. The number of nitrogens with zero attached hydrogens (tertiary/aromatic N) is 1. The van der Waals surface area contributed by atoms with Crippen LogP contribution in [0, 0.1) is 6.92 Å². The number of hydrogen-bond donors (Lipinski definition) is 2. The van der Waals surface area contributed by atoms with Crippen molar-refractivity contribution in [1.29, 1.82) is 0 Å². The highest BCUT2D eigenvalue weighted by molar-refractivity contribution is 5.89. The minimum Gasteiger partial charge on any atom is -0.464 e. The normalized spacial score (nSPS) is 10.7. The summed E-state index contributed by atoms with van der Waals surface area (Å²) >= 11 is 0. The van der Waals surface area contributed by atoms with Crippen LogP contribution in [0.1, 0.15) is 5.56 Å². The van der Waals surface area contributed by atoms with Crippen molar-refractivity contribution in [1.82, 2.24) is 4.57 Å². The van der Waals surface area contributed by atoms with E-state index in [-0.39, 0.29) is 0 Å². The van der Waals surface area contributed by atoms with E-state index in [1.54, 1.807) is 24.3 Å². The van der Waals surface area contributed by atoms with Crippen LogP contribution in [0.2, 0.25) is 0 Å². The molecule has 0 unspecified atom stereocenters. The van der Waals surface area contributed by atoms with Gasteiger partial charge >= 0.3 is 6.09 Å².